The first-order chi connectivity index (χ1) is 10.6. The molecular weight excluding hydrogens is 286 g/mol. The van der Waals surface area contributed by atoms with E-state index in [2.05, 4.69) is 0 Å². The number of hydrogen-bond acceptors (Lipinski definition) is 6. The third kappa shape index (κ3) is 5.93. The van der Waals surface area contributed by atoms with E-state index in [0.29, 0.717) is 11.3 Å². The van der Waals surface area contributed by atoms with Crippen LogP contribution in [-0.4, -0.2) is 43.6 Å². The SMILES string of the molecule is CN(CCC#N)C(=O)COC(=O)COc1ccc(C#N)cc1. The molecule has 1 aromatic rings. The molecule has 1 rings (SSSR count). The van der Waals surface area contributed by atoms with Crippen molar-refractivity contribution in [1.82, 2.24) is 4.90 Å². The topological polar surface area (TPSA) is 103 Å². The van der Waals surface area contributed by atoms with Gasteiger partial charge in [0, 0.05) is 13.6 Å². The molecule has 0 spiro atoms. The van der Waals surface area contributed by atoms with Crippen molar-refractivity contribution in [2.24, 2.45) is 0 Å². The van der Waals surface area contributed by atoms with Gasteiger partial charge in [0.2, 0.25) is 0 Å². The van der Waals surface area contributed by atoms with Crippen LogP contribution in [0.15, 0.2) is 24.3 Å². The van der Waals surface area contributed by atoms with Gasteiger partial charge in [-0.15, -0.1) is 0 Å². The summed E-state index contributed by atoms with van der Waals surface area (Å²) in [6.45, 7) is -0.437. The van der Waals surface area contributed by atoms with Gasteiger partial charge in [0.05, 0.1) is 24.1 Å². The molecule has 0 aliphatic heterocycles. The quantitative estimate of drug-likeness (QED) is 0.692. The second-order valence-electron chi connectivity index (χ2n) is 4.31. The molecule has 7 heteroatoms. The Hall–Kier alpha value is -3.06. The van der Waals surface area contributed by atoms with Crippen molar-refractivity contribution >= 4 is 11.9 Å². The minimum Gasteiger partial charge on any atom is -0.482 e. The Morgan fingerprint density at radius 3 is 2.45 bits per heavy atom. The smallest absolute Gasteiger partial charge is 0.344 e. The van der Waals surface area contributed by atoms with Gasteiger partial charge in [0.1, 0.15) is 5.75 Å². The van der Waals surface area contributed by atoms with Crippen molar-refractivity contribution in [3.05, 3.63) is 29.8 Å². The summed E-state index contributed by atoms with van der Waals surface area (Å²) in [4.78, 5) is 24.3. The van der Waals surface area contributed by atoms with Crippen LogP contribution in [0.1, 0.15) is 12.0 Å². The van der Waals surface area contributed by atoms with Crippen molar-refractivity contribution in [1.29, 1.82) is 10.5 Å². The number of carbonyl (C=O) groups excluding carboxylic acids is 2. The van der Waals surface area contributed by atoms with E-state index in [0.717, 1.165) is 0 Å². The molecule has 0 aromatic heterocycles. The van der Waals surface area contributed by atoms with E-state index < -0.39 is 12.6 Å². The lowest BCUT2D eigenvalue weighted by molar-refractivity contribution is -0.153. The van der Waals surface area contributed by atoms with Gasteiger partial charge in [-0.1, -0.05) is 0 Å². The highest BCUT2D eigenvalue weighted by Gasteiger charge is 2.12. The van der Waals surface area contributed by atoms with E-state index in [1.165, 1.54) is 11.9 Å². The molecule has 0 unspecified atom stereocenters. The highest BCUT2D eigenvalue weighted by molar-refractivity contribution is 5.80. The number of esters is 1. The number of nitrogens with zero attached hydrogens (tertiary/aromatic N) is 3. The van der Waals surface area contributed by atoms with E-state index in [1.807, 2.05) is 12.1 Å². The van der Waals surface area contributed by atoms with Crippen molar-refractivity contribution in [3.63, 3.8) is 0 Å². The van der Waals surface area contributed by atoms with E-state index in [-0.39, 0.29) is 25.5 Å². The van der Waals surface area contributed by atoms with Crippen molar-refractivity contribution in [2.45, 2.75) is 6.42 Å². The molecular formula is C15H15N3O4. The number of likely N-dealkylation sites (N-methyl/N-ethyl adjacent to an activating group) is 1. The zero-order valence-corrected chi connectivity index (χ0v) is 12.1. The number of carbonyl (C=O) groups is 2. The molecule has 1 aromatic carbocycles. The van der Waals surface area contributed by atoms with E-state index in [1.54, 1.807) is 24.3 Å². The monoisotopic (exact) mass is 301 g/mol. The van der Waals surface area contributed by atoms with Crippen LogP contribution in [0.2, 0.25) is 0 Å². The van der Waals surface area contributed by atoms with Crippen LogP contribution < -0.4 is 4.74 Å². The maximum absolute atomic E-state index is 11.6. The molecule has 0 saturated heterocycles. The Bertz CT molecular complexity index is 599. The molecule has 7 nitrogen and oxygen atoms in total. The second kappa shape index (κ2) is 8.98. The summed E-state index contributed by atoms with van der Waals surface area (Å²) in [5, 5.41) is 17.1. The van der Waals surface area contributed by atoms with E-state index >= 15 is 0 Å². The molecule has 0 aliphatic carbocycles. The average Bonchev–Trinajstić information content (AvgIpc) is 2.55. The number of amides is 1. The molecule has 0 atom stereocenters. The molecule has 0 aliphatic rings. The van der Waals surface area contributed by atoms with Crippen molar-refractivity contribution in [3.8, 4) is 17.9 Å². The van der Waals surface area contributed by atoms with Crippen molar-refractivity contribution in [2.75, 3.05) is 26.8 Å². The fourth-order valence-corrected chi connectivity index (χ4v) is 1.40. The van der Waals surface area contributed by atoms with Crippen molar-refractivity contribution < 1.29 is 19.1 Å². The lowest BCUT2D eigenvalue weighted by atomic mass is 10.2. The summed E-state index contributed by atoms with van der Waals surface area (Å²) in [6, 6.07) is 10.1. The highest BCUT2D eigenvalue weighted by Crippen LogP contribution is 2.11. The number of hydrogen-bond donors (Lipinski definition) is 0. The molecule has 0 fully saturated rings. The van der Waals surface area contributed by atoms with Gasteiger partial charge in [-0.2, -0.15) is 10.5 Å². The molecule has 0 radical (unpaired) electrons. The van der Waals surface area contributed by atoms with E-state index in [9.17, 15) is 9.59 Å². The lowest BCUT2D eigenvalue weighted by Gasteiger charge is -2.15. The first-order valence-electron chi connectivity index (χ1n) is 6.46. The van der Waals surface area contributed by atoms with Gasteiger partial charge in [-0.05, 0) is 24.3 Å². The van der Waals surface area contributed by atoms with Gasteiger partial charge in [-0.25, -0.2) is 4.79 Å². The fourth-order valence-electron chi connectivity index (χ4n) is 1.40. The predicted molar refractivity (Wildman–Crippen MR) is 75.5 cm³/mol. The van der Waals surface area contributed by atoms with Crippen LogP contribution in [-0.2, 0) is 14.3 Å². The third-order valence-corrected chi connectivity index (χ3v) is 2.68. The molecule has 0 bridgehead atoms. The first kappa shape index (κ1) is 17.0. The van der Waals surface area contributed by atoms with Gasteiger partial charge in [-0.3, -0.25) is 4.79 Å². The summed E-state index contributed by atoms with van der Waals surface area (Å²) in [6.07, 6.45) is 0.220. The number of nitriles is 2. The number of rotatable bonds is 7. The van der Waals surface area contributed by atoms with Crippen LogP contribution in [0, 0.1) is 22.7 Å². The standard InChI is InChI=1S/C15H15N3O4/c1-18(8-2-7-16)14(19)10-22-15(20)11-21-13-5-3-12(9-17)4-6-13/h3-6H,2,8,10-11H2,1H3. The highest BCUT2D eigenvalue weighted by atomic mass is 16.6. The van der Waals surface area contributed by atoms with Crippen LogP contribution in [0.4, 0.5) is 0 Å². The molecule has 0 saturated carbocycles. The molecule has 0 heterocycles. The summed E-state index contributed by atoms with van der Waals surface area (Å²) in [7, 11) is 1.53. The van der Waals surface area contributed by atoms with Crippen LogP contribution in [0.5, 0.6) is 5.75 Å². The predicted octanol–water partition coefficient (Wildman–Crippen LogP) is 0.852. The zero-order valence-electron chi connectivity index (χ0n) is 12.1. The average molecular weight is 301 g/mol. The Morgan fingerprint density at radius 1 is 1.18 bits per heavy atom. The minimum atomic E-state index is -0.675. The van der Waals surface area contributed by atoms with Crippen LogP contribution in [0.3, 0.4) is 0 Å². The second-order valence-corrected chi connectivity index (χ2v) is 4.31. The molecule has 114 valence electrons. The Labute approximate surface area is 128 Å². The maximum Gasteiger partial charge on any atom is 0.344 e. The summed E-state index contributed by atoms with van der Waals surface area (Å²) < 4.78 is 9.95. The summed E-state index contributed by atoms with van der Waals surface area (Å²) in [5.41, 5.74) is 0.487. The van der Waals surface area contributed by atoms with Crippen LogP contribution >= 0.6 is 0 Å². The third-order valence-electron chi connectivity index (χ3n) is 2.68. The lowest BCUT2D eigenvalue weighted by Crippen LogP contribution is -2.32. The zero-order chi connectivity index (χ0) is 16.4. The first-order valence-corrected chi connectivity index (χ1v) is 6.46. The summed E-state index contributed by atoms with van der Waals surface area (Å²) in [5.74, 6) is -0.637. The van der Waals surface area contributed by atoms with Gasteiger partial charge in [0.25, 0.3) is 5.91 Å². The molecule has 1 amide bonds. The van der Waals surface area contributed by atoms with Gasteiger partial charge in [0.15, 0.2) is 13.2 Å². The normalized spacial score (nSPS) is 9.23. The number of benzene rings is 1. The minimum absolute atomic E-state index is 0.220. The molecule has 0 N–H and O–H groups in total. The van der Waals surface area contributed by atoms with Gasteiger partial charge < -0.3 is 14.4 Å². The van der Waals surface area contributed by atoms with E-state index in [4.69, 9.17) is 20.0 Å². The van der Waals surface area contributed by atoms with Gasteiger partial charge >= 0.3 is 5.97 Å². The maximum atomic E-state index is 11.6. The van der Waals surface area contributed by atoms with Crippen LogP contribution in [0.25, 0.3) is 0 Å². The largest absolute Gasteiger partial charge is 0.482 e. The molecule has 22 heavy (non-hydrogen) atoms. The Balaban J connectivity index is 2.30. The Kier molecular flexibility index (Phi) is 6.94. The Morgan fingerprint density at radius 2 is 1.86 bits per heavy atom. The number of ether oxygens (including phenoxy) is 2. The summed E-state index contributed by atoms with van der Waals surface area (Å²) >= 11 is 0. The fraction of sp³-hybridized carbons (Fsp3) is 0.333.